The van der Waals surface area contributed by atoms with Crippen LogP contribution in [0.4, 0.5) is 11.4 Å². The zero-order chi connectivity index (χ0) is 30.4. The molecule has 1 aromatic heterocycles. The van der Waals surface area contributed by atoms with Crippen LogP contribution in [0.3, 0.4) is 0 Å². The van der Waals surface area contributed by atoms with Gasteiger partial charge in [0, 0.05) is 42.0 Å². The van der Waals surface area contributed by atoms with Gasteiger partial charge in [0.05, 0.1) is 23.9 Å². The summed E-state index contributed by atoms with van der Waals surface area (Å²) in [5, 5.41) is 33.2. The second kappa shape index (κ2) is 13.0. The zero-order valence-electron chi connectivity index (χ0n) is 24.0. The van der Waals surface area contributed by atoms with Crippen molar-refractivity contribution in [1.82, 2.24) is 15.0 Å². The fourth-order valence-corrected chi connectivity index (χ4v) is 5.41. The number of carbonyl (C=O) groups excluding carboxylic acids is 2. The lowest BCUT2D eigenvalue weighted by molar-refractivity contribution is -0.139. The Hall–Kier alpha value is -4.86. The van der Waals surface area contributed by atoms with Gasteiger partial charge in [-0.05, 0) is 42.3 Å². The van der Waals surface area contributed by atoms with Gasteiger partial charge in [-0.25, -0.2) is 0 Å². The maximum atomic E-state index is 13.6. The van der Waals surface area contributed by atoms with Crippen molar-refractivity contribution in [2.75, 3.05) is 23.4 Å². The number of nitrogens with zero attached hydrogens (tertiary/aromatic N) is 4. The van der Waals surface area contributed by atoms with Gasteiger partial charge in [0.2, 0.25) is 0 Å². The van der Waals surface area contributed by atoms with Crippen molar-refractivity contribution < 1.29 is 19.8 Å². The second-order valence-corrected chi connectivity index (χ2v) is 10.6. The summed E-state index contributed by atoms with van der Waals surface area (Å²) in [7, 11) is 0. The molecule has 0 spiro atoms. The Morgan fingerprint density at radius 2 is 1.81 bits per heavy atom. The third-order valence-corrected chi connectivity index (χ3v) is 7.78. The lowest BCUT2D eigenvalue weighted by atomic mass is 9.82. The largest absolute Gasteiger partial charge is 0.395 e. The standard InChI is InChI=1S/C34H35N5O4/c1-3-19-39-31-18-17-27(35-32(41)26-15-8-5-9-16-26)21-29(31)34(43,33(39)42)24(2)12-10-11-20-38-22-30(36-37-38)28(23-40)25-13-6-4-7-14-25/h3-10,12-18,21-22,24,28,40,43H,1,11,19-20,23H2,2H3,(H,35,41)/b12-10+/t24-,28?,34+/m1/s1. The fourth-order valence-electron chi connectivity index (χ4n) is 5.41. The normalized spacial score (nSPS) is 17.6. The van der Waals surface area contributed by atoms with Gasteiger partial charge >= 0.3 is 0 Å². The number of anilines is 2. The molecule has 3 N–H and O–H groups in total. The van der Waals surface area contributed by atoms with Crippen molar-refractivity contribution in [3.05, 3.63) is 132 Å². The summed E-state index contributed by atoms with van der Waals surface area (Å²) in [4.78, 5) is 27.9. The summed E-state index contributed by atoms with van der Waals surface area (Å²) in [5.41, 5.74) is 1.82. The first-order chi connectivity index (χ1) is 20.9. The fraction of sp³-hybridized carbons (Fsp3) is 0.235. The van der Waals surface area contributed by atoms with Crippen molar-refractivity contribution in [1.29, 1.82) is 0 Å². The molecular weight excluding hydrogens is 542 g/mol. The monoisotopic (exact) mass is 577 g/mol. The molecule has 4 aromatic rings. The summed E-state index contributed by atoms with van der Waals surface area (Å²) < 4.78 is 1.72. The highest BCUT2D eigenvalue weighted by Gasteiger charge is 2.52. The number of fused-ring (bicyclic) bond motifs is 1. The van der Waals surface area contributed by atoms with Gasteiger partial charge in [0.1, 0.15) is 0 Å². The van der Waals surface area contributed by atoms with Crippen molar-refractivity contribution in [2.24, 2.45) is 5.92 Å². The molecule has 5 rings (SSSR count). The number of aliphatic hydroxyl groups is 2. The van der Waals surface area contributed by atoms with Crippen LogP contribution in [0.25, 0.3) is 0 Å². The maximum absolute atomic E-state index is 13.6. The molecule has 2 amide bonds. The van der Waals surface area contributed by atoms with Gasteiger partial charge in [-0.3, -0.25) is 14.3 Å². The van der Waals surface area contributed by atoms with Crippen LogP contribution in [-0.4, -0.2) is 50.2 Å². The number of aryl methyl sites for hydroxylation is 1. The predicted octanol–water partition coefficient (Wildman–Crippen LogP) is 4.66. The van der Waals surface area contributed by atoms with Crippen molar-refractivity contribution in [3.63, 3.8) is 0 Å². The van der Waals surface area contributed by atoms with E-state index in [0.29, 0.717) is 41.2 Å². The molecule has 43 heavy (non-hydrogen) atoms. The Morgan fingerprint density at radius 3 is 2.51 bits per heavy atom. The second-order valence-electron chi connectivity index (χ2n) is 10.6. The molecule has 1 aliphatic rings. The molecule has 0 bridgehead atoms. The first-order valence-corrected chi connectivity index (χ1v) is 14.3. The molecule has 9 heteroatoms. The number of rotatable bonds is 12. The molecule has 0 saturated heterocycles. The van der Waals surface area contributed by atoms with Gasteiger partial charge in [-0.1, -0.05) is 78.9 Å². The summed E-state index contributed by atoms with van der Waals surface area (Å²) in [6.07, 6.45) is 7.77. The molecule has 0 aliphatic carbocycles. The third-order valence-electron chi connectivity index (χ3n) is 7.78. The van der Waals surface area contributed by atoms with Crippen LogP contribution >= 0.6 is 0 Å². The molecule has 1 aliphatic heterocycles. The highest BCUT2D eigenvalue weighted by Crippen LogP contribution is 2.46. The topological polar surface area (TPSA) is 121 Å². The number of hydrogen-bond donors (Lipinski definition) is 3. The van der Waals surface area contributed by atoms with Crippen molar-refractivity contribution >= 4 is 23.2 Å². The van der Waals surface area contributed by atoms with Gasteiger partial charge < -0.3 is 20.4 Å². The summed E-state index contributed by atoms with van der Waals surface area (Å²) >= 11 is 0. The average molecular weight is 578 g/mol. The van der Waals surface area contributed by atoms with E-state index in [-0.39, 0.29) is 25.0 Å². The summed E-state index contributed by atoms with van der Waals surface area (Å²) in [6, 6.07) is 23.7. The van der Waals surface area contributed by atoms with E-state index >= 15 is 0 Å². The smallest absolute Gasteiger partial charge is 0.264 e. The van der Waals surface area contributed by atoms with E-state index in [2.05, 4.69) is 22.2 Å². The Balaban J connectivity index is 1.30. The van der Waals surface area contributed by atoms with Crippen LogP contribution in [0.5, 0.6) is 0 Å². The number of benzene rings is 3. The minimum Gasteiger partial charge on any atom is -0.395 e. The van der Waals surface area contributed by atoms with E-state index in [1.54, 1.807) is 60.1 Å². The molecule has 2 heterocycles. The molecule has 220 valence electrons. The van der Waals surface area contributed by atoms with Gasteiger partial charge in [-0.2, -0.15) is 0 Å². The summed E-state index contributed by atoms with van der Waals surface area (Å²) in [5.74, 6) is -1.55. The zero-order valence-corrected chi connectivity index (χ0v) is 24.0. The van der Waals surface area contributed by atoms with E-state index < -0.39 is 17.4 Å². The molecule has 3 atom stereocenters. The number of aliphatic hydroxyl groups excluding tert-OH is 1. The van der Waals surface area contributed by atoms with E-state index in [4.69, 9.17) is 0 Å². The predicted molar refractivity (Wildman–Crippen MR) is 166 cm³/mol. The third kappa shape index (κ3) is 6.04. The molecule has 0 fully saturated rings. The number of nitrogens with one attached hydrogen (secondary N) is 1. The molecule has 9 nitrogen and oxygen atoms in total. The maximum Gasteiger partial charge on any atom is 0.264 e. The Morgan fingerprint density at radius 1 is 1.09 bits per heavy atom. The Labute approximate surface area is 250 Å². The molecule has 0 radical (unpaired) electrons. The van der Waals surface area contributed by atoms with Gasteiger partial charge in [0.25, 0.3) is 11.8 Å². The molecular formula is C34H35N5O4. The van der Waals surface area contributed by atoms with Gasteiger partial charge in [0.15, 0.2) is 5.60 Å². The van der Waals surface area contributed by atoms with Crippen LogP contribution in [0, 0.1) is 5.92 Å². The number of hydrogen-bond acceptors (Lipinski definition) is 6. The van der Waals surface area contributed by atoms with Crippen molar-refractivity contribution in [2.45, 2.75) is 31.4 Å². The molecule has 3 aromatic carbocycles. The number of allylic oxidation sites excluding steroid dienone is 1. The van der Waals surface area contributed by atoms with E-state index in [1.165, 1.54) is 4.90 Å². The van der Waals surface area contributed by atoms with Crippen LogP contribution in [0.15, 0.2) is 110 Å². The minimum absolute atomic E-state index is 0.0747. The lowest BCUT2D eigenvalue weighted by Gasteiger charge is -2.27. The van der Waals surface area contributed by atoms with Crippen molar-refractivity contribution in [3.8, 4) is 0 Å². The highest BCUT2D eigenvalue weighted by atomic mass is 16.3. The van der Waals surface area contributed by atoms with Crippen LogP contribution in [0.2, 0.25) is 0 Å². The minimum atomic E-state index is -1.83. The van der Waals surface area contributed by atoms with Crippen LogP contribution in [0.1, 0.15) is 46.4 Å². The number of amides is 2. The number of carbonyl (C=O) groups is 2. The summed E-state index contributed by atoms with van der Waals surface area (Å²) in [6.45, 7) is 6.26. The molecule has 1 unspecified atom stereocenters. The average Bonchev–Trinajstić information content (AvgIpc) is 3.58. The Bertz CT molecular complexity index is 1620. The SMILES string of the molecule is C=CCN1C(=O)[C@](O)([C@H](C)/C=C/CCn2cc(C(CO)c3ccccc3)nn2)c2cc(NC(=O)c3ccccc3)ccc21. The molecule has 0 saturated carbocycles. The first kappa shape index (κ1) is 29.6. The first-order valence-electron chi connectivity index (χ1n) is 14.3. The van der Waals surface area contributed by atoms with Crippen LogP contribution < -0.4 is 10.2 Å². The number of aromatic nitrogens is 3. The van der Waals surface area contributed by atoms with Gasteiger partial charge in [-0.15, -0.1) is 11.7 Å². The Kier molecular flexibility index (Phi) is 8.94. The highest BCUT2D eigenvalue weighted by molar-refractivity contribution is 6.09. The van der Waals surface area contributed by atoms with Crippen LogP contribution in [-0.2, 0) is 16.9 Å². The van der Waals surface area contributed by atoms with E-state index in [1.807, 2.05) is 54.7 Å². The van der Waals surface area contributed by atoms with E-state index in [0.717, 1.165) is 5.56 Å². The van der Waals surface area contributed by atoms with E-state index in [9.17, 15) is 19.8 Å². The quantitative estimate of drug-likeness (QED) is 0.211. The lowest BCUT2D eigenvalue weighted by Crippen LogP contribution is -2.44.